The molecule has 0 saturated heterocycles. The second-order valence-corrected chi connectivity index (χ2v) is 4.69. The van der Waals surface area contributed by atoms with Crippen molar-refractivity contribution >= 4 is 17.7 Å². The van der Waals surface area contributed by atoms with Crippen LogP contribution in [0.15, 0.2) is 0 Å². The second-order valence-electron chi connectivity index (χ2n) is 4.69. The molecule has 0 heterocycles. The number of ketones is 1. The summed E-state index contributed by atoms with van der Waals surface area (Å²) < 4.78 is 14.8. The molecular formula is C14H25NO6. The van der Waals surface area contributed by atoms with Crippen LogP contribution in [0, 0.1) is 0 Å². The van der Waals surface area contributed by atoms with E-state index in [1.165, 1.54) is 14.0 Å². The average molecular weight is 303 g/mol. The Labute approximate surface area is 125 Å². The lowest BCUT2D eigenvalue weighted by Gasteiger charge is -2.16. The second kappa shape index (κ2) is 12.3. The molecule has 0 bridgehead atoms. The first kappa shape index (κ1) is 19.5. The van der Waals surface area contributed by atoms with Crippen molar-refractivity contribution < 1.29 is 28.6 Å². The Morgan fingerprint density at radius 2 is 1.38 bits per heavy atom. The fraction of sp³-hybridized carbons (Fsp3) is 0.786. The van der Waals surface area contributed by atoms with Crippen molar-refractivity contribution in [2.75, 3.05) is 47.1 Å². The van der Waals surface area contributed by atoms with Crippen LogP contribution < -0.4 is 0 Å². The van der Waals surface area contributed by atoms with Crippen molar-refractivity contribution in [2.24, 2.45) is 0 Å². The zero-order valence-electron chi connectivity index (χ0n) is 13.1. The monoisotopic (exact) mass is 303 g/mol. The van der Waals surface area contributed by atoms with Gasteiger partial charge in [0, 0.05) is 26.6 Å². The number of esters is 2. The van der Waals surface area contributed by atoms with Crippen molar-refractivity contribution in [3.8, 4) is 0 Å². The first-order valence-electron chi connectivity index (χ1n) is 6.94. The van der Waals surface area contributed by atoms with Crippen LogP contribution in [0.4, 0.5) is 0 Å². The third-order valence-electron chi connectivity index (χ3n) is 2.66. The smallest absolute Gasteiger partial charge is 0.308 e. The van der Waals surface area contributed by atoms with E-state index in [1.807, 2.05) is 11.9 Å². The molecule has 0 aliphatic carbocycles. The lowest BCUT2D eigenvalue weighted by atomic mass is 10.2. The predicted molar refractivity (Wildman–Crippen MR) is 75.8 cm³/mol. The Kier molecular flexibility index (Phi) is 11.4. The minimum absolute atomic E-state index is 0.0284. The van der Waals surface area contributed by atoms with E-state index in [4.69, 9.17) is 14.2 Å². The molecule has 0 unspecified atom stereocenters. The summed E-state index contributed by atoms with van der Waals surface area (Å²) in [7, 11) is 3.37. The molecule has 0 atom stereocenters. The molecule has 0 radical (unpaired) electrons. The summed E-state index contributed by atoms with van der Waals surface area (Å²) in [6.07, 6.45) is 0.580. The molecule has 0 fully saturated rings. The fourth-order valence-electron chi connectivity index (χ4n) is 1.35. The summed E-state index contributed by atoms with van der Waals surface area (Å²) >= 11 is 0. The zero-order chi connectivity index (χ0) is 16.1. The average Bonchev–Trinajstić information content (AvgIpc) is 2.42. The number of hydrogen-bond acceptors (Lipinski definition) is 7. The highest BCUT2D eigenvalue weighted by Crippen LogP contribution is 1.95. The van der Waals surface area contributed by atoms with E-state index in [0.717, 1.165) is 0 Å². The van der Waals surface area contributed by atoms with Gasteiger partial charge in [-0.05, 0) is 14.0 Å². The van der Waals surface area contributed by atoms with Gasteiger partial charge in [0.15, 0.2) is 0 Å². The summed E-state index contributed by atoms with van der Waals surface area (Å²) in [5.41, 5.74) is 0. The Hall–Kier alpha value is -1.47. The fourth-order valence-corrected chi connectivity index (χ4v) is 1.35. The minimum Gasteiger partial charge on any atom is -0.464 e. The molecule has 122 valence electrons. The van der Waals surface area contributed by atoms with Gasteiger partial charge in [-0.15, -0.1) is 0 Å². The normalized spacial score (nSPS) is 10.5. The maximum Gasteiger partial charge on any atom is 0.308 e. The molecule has 7 nitrogen and oxygen atoms in total. The standard InChI is InChI=1S/C14H25NO6/c1-12(16)4-5-13(17)20-10-7-15(2)8-11-21-14(18)6-9-19-3/h4-11H2,1-3H3. The maximum absolute atomic E-state index is 11.3. The van der Waals surface area contributed by atoms with Crippen LogP contribution in [0.2, 0.25) is 0 Å². The van der Waals surface area contributed by atoms with Crippen molar-refractivity contribution in [2.45, 2.75) is 26.2 Å². The number of likely N-dealkylation sites (N-methyl/N-ethyl adjacent to an activating group) is 1. The number of ether oxygens (including phenoxy) is 3. The highest BCUT2D eigenvalue weighted by atomic mass is 16.5. The van der Waals surface area contributed by atoms with Crippen molar-refractivity contribution in [3.63, 3.8) is 0 Å². The first-order valence-corrected chi connectivity index (χ1v) is 6.94. The van der Waals surface area contributed by atoms with Gasteiger partial charge in [-0.25, -0.2) is 0 Å². The van der Waals surface area contributed by atoms with Crippen LogP contribution in [0.5, 0.6) is 0 Å². The Morgan fingerprint density at radius 1 is 0.857 bits per heavy atom. The van der Waals surface area contributed by atoms with Gasteiger partial charge in [0.05, 0.1) is 19.4 Å². The van der Waals surface area contributed by atoms with Crippen molar-refractivity contribution in [3.05, 3.63) is 0 Å². The van der Waals surface area contributed by atoms with Crippen LogP contribution in [0.3, 0.4) is 0 Å². The molecule has 0 rings (SSSR count). The summed E-state index contributed by atoms with van der Waals surface area (Å²) in [4.78, 5) is 35.0. The van der Waals surface area contributed by atoms with Crippen LogP contribution in [-0.4, -0.2) is 69.7 Å². The van der Waals surface area contributed by atoms with Gasteiger partial charge in [-0.3, -0.25) is 14.5 Å². The van der Waals surface area contributed by atoms with E-state index in [9.17, 15) is 14.4 Å². The first-order chi connectivity index (χ1) is 9.95. The molecule has 0 aromatic heterocycles. The molecule has 21 heavy (non-hydrogen) atoms. The number of nitrogens with zero attached hydrogens (tertiary/aromatic N) is 1. The number of carbonyl (C=O) groups excluding carboxylic acids is 3. The molecule has 0 N–H and O–H groups in total. The van der Waals surface area contributed by atoms with Crippen LogP contribution >= 0.6 is 0 Å². The molecular weight excluding hydrogens is 278 g/mol. The summed E-state index contributed by atoms with van der Waals surface area (Å²) in [5.74, 6) is -0.690. The number of hydrogen-bond donors (Lipinski definition) is 0. The van der Waals surface area contributed by atoms with Gasteiger partial charge in [-0.2, -0.15) is 0 Å². The molecule has 0 aliphatic heterocycles. The zero-order valence-corrected chi connectivity index (χ0v) is 13.1. The summed E-state index contributed by atoms with van der Waals surface area (Å²) in [5, 5.41) is 0. The van der Waals surface area contributed by atoms with Crippen LogP contribution in [-0.2, 0) is 28.6 Å². The van der Waals surface area contributed by atoms with Crippen molar-refractivity contribution in [1.82, 2.24) is 4.90 Å². The molecule has 0 amide bonds. The van der Waals surface area contributed by atoms with E-state index in [0.29, 0.717) is 19.7 Å². The number of carbonyl (C=O) groups is 3. The van der Waals surface area contributed by atoms with Gasteiger partial charge < -0.3 is 19.0 Å². The Morgan fingerprint density at radius 3 is 1.86 bits per heavy atom. The minimum atomic E-state index is -0.371. The Bertz CT molecular complexity index is 331. The third-order valence-corrected chi connectivity index (χ3v) is 2.66. The quantitative estimate of drug-likeness (QED) is 0.483. The van der Waals surface area contributed by atoms with Crippen LogP contribution in [0.25, 0.3) is 0 Å². The van der Waals surface area contributed by atoms with Crippen LogP contribution in [0.1, 0.15) is 26.2 Å². The molecule has 0 saturated carbocycles. The van der Waals surface area contributed by atoms with Gasteiger partial charge in [0.2, 0.25) is 0 Å². The van der Waals surface area contributed by atoms with Gasteiger partial charge in [0.1, 0.15) is 19.0 Å². The van der Waals surface area contributed by atoms with E-state index >= 15 is 0 Å². The SMILES string of the molecule is COCCC(=O)OCCN(C)CCOC(=O)CCC(C)=O. The van der Waals surface area contributed by atoms with Gasteiger partial charge in [-0.1, -0.05) is 0 Å². The molecule has 0 aromatic carbocycles. The van der Waals surface area contributed by atoms with E-state index < -0.39 is 0 Å². The number of Topliss-reactive ketones (excluding diaryl/α,β-unsaturated/α-hetero) is 1. The van der Waals surface area contributed by atoms with E-state index in [2.05, 4.69) is 0 Å². The molecule has 0 aromatic rings. The highest BCUT2D eigenvalue weighted by Gasteiger charge is 2.07. The van der Waals surface area contributed by atoms with E-state index in [1.54, 1.807) is 0 Å². The Balaban J connectivity index is 3.53. The lowest BCUT2D eigenvalue weighted by Crippen LogP contribution is -2.28. The van der Waals surface area contributed by atoms with Gasteiger partial charge >= 0.3 is 11.9 Å². The molecule has 0 aliphatic rings. The van der Waals surface area contributed by atoms with Crippen molar-refractivity contribution in [1.29, 1.82) is 0 Å². The third kappa shape index (κ3) is 13.3. The van der Waals surface area contributed by atoms with Gasteiger partial charge in [0.25, 0.3) is 0 Å². The maximum atomic E-state index is 11.3. The number of rotatable bonds is 12. The highest BCUT2D eigenvalue weighted by molar-refractivity contribution is 5.80. The largest absolute Gasteiger partial charge is 0.464 e. The molecule has 0 spiro atoms. The predicted octanol–water partition coefficient (Wildman–Crippen LogP) is 0.410. The summed E-state index contributed by atoms with van der Waals surface area (Å²) in [6.45, 7) is 3.44. The van der Waals surface area contributed by atoms with E-state index in [-0.39, 0.29) is 50.2 Å². The topological polar surface area (TPSA) is 82.1 Å². The lowest BCUT2D eigenvalue weighted by molar-refractivity contribution is -0.145. The summed E-state index contributed by atoms with van der Waals surface area (Å²) in [6, 6.07) is 0. The molecule has 7 heteroatoms. The number of methoxy groups -OCH3 is 1.